The van der Waals surface area contributed by atoms with Crippen LogP contribution in [-0.4, -0.2) is 30.4 Å². The molecule has 0 aliphatic rings. The van der Waals surface area contributed by atoms with Gasteiger partial charge in [-0.05, 0) is 37.5 Å². The van der Waals surface area contributed by atoms with Gasteiger partial charge >= 0.3 is 0 Å². The van der Waals surface area contributed by atoms with Crippen LogP contribution in [-0.2, 0) is 0 Å². The third kappa shape index (κ3) is 7.41. The molecule has 108 valence electrons. The highest BCUT2D eigenvalue weighted by molar-refractivity contribution is 6.30. The molecule has 1 aromatic rings. The Bertz CT molecular complexity index is 371. The summed E-state index contributed by atoms with van der Waals surface area (Å²) in [6.45, 7) is 7.31. The van der Waals surface area contributed by atoms with Crippen LogP contribution in [0.3, 0.4) is 0 Å². The van der Waals surface area contributed by atoms with Crippen LogP contribution in [0.2, 0.25) is 5.02 Å². The first-order valence-electron chi connectivity index (χ1n) is 6.77. The van der Waals surface area contributed by atoms with Gasteiger partial charge in [0.25, 0.3) is 0 Å². The third-order valence-electron chi connectivity index (χ3n) is 2.77. The zero-order chi connectivity index (χ0) is 14.3. The van der Waals surface area contributed by atoms with Crippen LogP contribution < -0.4 is 10.1 Å². The molecular formula is C15H24ClNO2. The number of benzene rings is 1. The molecule has 1 aromatic carbocycles. The highest BCUT2D eigenvalue weighted by atomic mass is 35.5. The fraction of sp³-hybridized carbons (Fsp3) is 0.600. The second kappa shape index (κ2) is 8.41. The molecule has 0 fully saturated rings. The van der Waals surface area contributed by atoms with Gasteiger partial charge in [-0.3, -0.25) is 0 Å². The number of halogens is 1. The summed E-state index contributed by atoms with van der Waals surface area (Å²) < 4.78 is 5.49. The molecule has 0 aliphatic carbocycles. The lowest BCUT2D eigenvalue weighted by Gasteiger charge is -2.19. The predicted molar refractivity (Wildman–Crippen MR) is 79.9 cm³/mol. The summed E-state index contributed by atoms with van der Waals surface area (Å²) in [5.41, 5.74) is 0. The zero-order valence-corrected chi connectivity index (χ0v) is 12.7. The summed E-state index contributed by atoms with van der Waals surface area (Å²) in [6.07, 6.45) is 0.579. The van der Waals surface area contributed by atoms with Gasteiger partial charge in [-0.1, -0.05) is 31.5 Å². The first-order chi connectivity index (χ1) is 8.97. The number of hydrogen-bond donors (Lipinski definition) is 2. The van der Waals surface area contributed by atoms with Crippen LogP contribution in [0.5, 0.6) is 5.75 Å². The van der Waals surface area contributed by atoms with Crippen LogP contribution in [0, 0.1) is 5.92 Å². The van der Waals surface area contributed by atoms with E-state index in [1.54, 1.807) is 12.1 Å². The quantitative estimate of drug-likeness (QED) is 0.771. The second-order valence-electron chi connectivity index (χ2n) is 5.36. The van der Waals surface area contributed by atoms with Gasteiger partial charge in [-0.25, -0.2) is 0 Å². The van der Waals surface area contributed by atoms with Crippen LogP contribution in [0.1, 0.15) is 27.2 Å². The molecule has 0 aliphatic heterocycles. The molecule has 4 heteroatoms. The lowest BCUT2D eigenvalue weighted by atomic mass is 10.1. The number of hydrogen-bond acceptors (Lipinski definition) is 3. The molecule has 0 saturated heterocycles. The van der Waals surface area contributed by atoms with Crippen molar-refractivity contribution in [3.63, 3.8) is 0 Å². The van der Waals surface area contributed by atoms with E-state index in [0.717, 1.165) is 6.42 Å². The Morgan fingerprint density at radius 2 is 2.05 bits per heavy atom. The van der Waals surface area contributed by atoms with E-state index in [-0.39, 0.29) is 6.61 Å². The maximum Gasteiger partial charge on any atom is 0.120 e. The average Bonchev–Trinajstić information content (AvgIpc) is 2.33. The van der Waals surface area contributed by atoms with Crippen LogP contribution in [0.4, 0.5) is 0 Å². The molecule has 19 heavy (non-hydrogen) atoms. The minimum absolute atomic E-state index is 0.266. The van der Waals surface area contributed by atoms with Gasteiger partial charge in [0.15, 0.2) is 0 Å². The van der Waals surface area contributed by atoms with Crippen molar-refractivity contribution >= 4 is 11.6 Å². The Kier molecular flexibility index (Phi) is 7.21. The van der Waals surface area contributed by atoms with Crippen molar-refractivity contribution in [1.29, 1.82) is 0 Å². The number of rotatable bonds is 8. The van der Waals surface area contributed by atoms with Crippen LogP contribution in [0.25, 0.3) is 0 Å². The van der Waals surface area contributed by atoms with Gasteiger partial charge in [0.1, 0.15) is 18.5 Å². The standard InChI is InChI=1S/C15H24ClNO2/c1-11(2)7-12(3)17-9-14(18)10-19-15-6-4-5-13(16)8-15/h4-6,8,11-12,14,17-18H,7,9-10H2,1-3H3. The highest BCUT2D eigenvalue weighted by Crippen LogP contribution is 2.17. The van der Waals surface area contributed by atoms with Crippen molar-refractivity contribution in [2.75, 3.05) is 13.2 Å². The van der Waals surface area contributed by atoms with Crippen molar-refractivity contribution in [3.8, 4) is 5.75 Å². The maximum absolute atomic E-state index is 9.84. The molecule has 2 N–H and O–H groups in total. The molecule has 2 unspecified atom stereocenters. The Hall–Kier alpha value is -0.770. The van der Waals surface area contributed by atoms with Gasteiger partial charge in [-0.15, -0.1) is 0 Å². The first-order valence-corrected chi connectivity index (χ1v) is 7.15. The van der Waals surface area contributed by atoms with Crippen molar-refractivity contribution < 1.29 is 9.84 Å². The predicted octanol–water partition coefficient (Wildman–Crippen LogP) is 3.10. The van der Waals surface area contributed by atoms with Crippen molar-refractivity contribution in [3.05, 3.63) is 29.3 Å². The monoisotopic (exact) mass is 285 g/mol. The Morgan fingerprint density at radius 1 is 1.32 bits per heavy atom. The van der Waals surface area contributed by atoms with E-state index in [0.29, 0.717) is 29.3 Å². The highest BCUT2D eigenvalue weighted by Gasteiger charge is 2.09. The number of aliphatic hydroxyl groups is 1. The number of ether oxygens (including phenoxy) is 1. The number of aliphatic hydroxyl groups excluding tert-OH is 1. The van der Waals surface area contributed by atoms with Crippen molar-refractivity contribution in [1.82, 2.24) is 5.32 Å². The zero-order valence-electron chi connectivity index (χ0n) is 11.9. The van der Waals surface area contributed by atoms with Crippen LogP contribution >= 0.6 is 11.6 Å². The van der Waals surface area contributed by atoms with E-state index in [1.807, 2.05) is 12.1 Å². The van der Waals surface area contributed by atoms with Gasteiger partial charge < -0.3 is 15.2 Å². The molecule has 2 atom stereocenters. The minimum atomic E-state index is -0.520. The molecule has 0 saturated carbocycles. The van der Waals surface area contributed by atoms with E-state index >= 15 is 0 Å². The maximum atomic E-state index is 9.84. The summed E-state index contributed by atoms with van der Waals surface area (Å²) in [5.74, 6) is 1.34. The van der Waals surface area contributed by atoms with E-state index in [4.69, 9.17) is 16.3 Å². The largest absolute Gasteiger partial charge is 0.491 e. The molecule has 0 spiro atoms. The van der Waals surface area contributed by atoms with Crippen LogP contribution in [0.15, 0.2) is 24.3 Å². The SMILES string of the molecule is CC(C)CC(C)NCC(O)COc1cccc(Cl)c1. The Balaban J connectivity index is 2.22. The molecule has 0 bridgehead atoms. The number of nitrogens with one attached hydrogen (secondary N) is 1. The van der Waals surface area contributed by atoms with E-state index in [1.165, 1.54) is 0 Å². The minimum Gasteiger partial charge on any atom is -0.491 e. The topological polar surface area (TPSA) is 41.5 Å². The summed E-state index contributed by atoms with van der Waals surface area (Å²) >= 11 is 5.86. The molecule has 1 rings (SSSR count). The lowest BCUT2D eigenvalue weighted by Crippen LogP contribution is -2.37. The third-order valence-corrected chi connectivity index (χ3v) is 3.00. The fourth-order valence-electron chi connectivity index (χ4n) is 1.94. The smallest absolute Gasteiger partial charge is 0.120 e. The normalized spacial score (nSPS) is 14.4. The Morgan fingerprint density at radius 3 is 2.68 bits per heavy atom. The molecule has 0 aromatic heterocycles. The fourth-order valence-corrected chi connectivity index (χ4v) is 2.12. The molecule has 0 heterocycles. The summed E-state index contributed by atoms with van der Waals surface area (Å²) in [5, 5.41) is 13.8. The van der Waals surface area contributed by atoms with Gasteiger partial charge in [0.2, 0.25) is 0 Å². The van der Waals surface area contributed by atoms with Gasteiger partial charge in [-0.2, -0.15) is 0 Å². The molecule has 0 radical (unpaired) electrons. The second-order valence-corrected chi connectivity index (χ2v) is 5.80. The van der Waals surface area contributed by atoms with Crippen molar-refractivity contribution in [2.45, 2.75) is 39.3 Å². The van der Waals surface area contributed by atoms with E-state index < -0.39 is 6.10 Å². The average molecular weight is 286 g/mol. The van der Waals surface area contributed by atoms with Gasteiger partial charge in [0.05, 0.1) is 0 Å². The summed E-state index contributed by atoms with van der Waals surface area (Å²) in [7, 11) is 0. The molecule has 0 amide bonds. The Labute approximate surface area is 120 Å². The molecule has 3 nitrogen and oxygen atoms in total. The summed E-state index contributed by atoms with van der Waals surface area (Å²) in [6, 6.07) is 7.59. The summed E-state index contributed by atoms with van der Waals surface area (Å²) in [4.78, 5) is 0. The molecular weight excluding hydrogens is 262 g/mol. The van der Waals surface area contributed by atoms with Crippen molar-refractivity contribution in [2.24, 2.45) is 5.92 Å². The lowest BCUT2D eigenvalue weighted by molar-refractivity contribution is 0.103. The van der Waals surface area contributed by atoms with E-state index in [2.05, 4.69) is 26.1 Å². The van der Waals surface area contributed by atoms with Gasteiger partial charge in [0, 0.05) is 17.6 Å². The first kappa shape index (κ1) is 16.3. The van der Waals surface area contributed by atoms with E-state index in [9.17, 15) is 5.11 Å².